The van der Waals surface area contributed by atoms with E-state index in [0.717, 1.165) is 24.1 Å². The molecule has 2 rings (SSSR count). The zero-order chi connectivity index (χ0) is 16.3. The Kier molecular flexibility index (Phi) is 5.22. The molecular weight excluding hydrogens is 276 g/mol. The standard InChI is InChI=1S/C18H26N2O2/c1-13(2)17(21)19-8-5-9-20(11-10-19)18(22)16-7-6-14(3)15(4)12-16/h6-7,12-13H,5,8-11H2,1-4H3. The van der Waals surface area contributed by atoms with Crippen LogP contribution in [0.15, 0.2) is 18.2 Å². The van der Waals surface area contributed by atoms with E-state index in [9.17, 15) is 9.59 Å². The number of aryl methyl sites for hydroxylation is 2. The van der Waals surface area contributed by atoms with Gasteiger partial charge in [-0.3, -0.25) is 9.59 Å². The van der Waals surface area contributed by atoms with E-state index in [-0.39, 0.29) is 17.7 Å². The molecule has 1 aromatic rings. The third-order valence-corrected chi connectivity index (χ3v) is 4.34. The summed E-state index contributed by atoms with van der Waals surface area (Å²) in [6.45, 7) is 10.6. The fourth-order valence-electron chi connectivity index (χ4n) is 2.76. The van der Waals surface area contributed by atoms with E-state index in [1.807, 2.05) is 55.7 Å². The predicted octanol–water partition coefficient (Wildman–Crippen LogP) is 2.63. The first-order valence-electron chi connectivity index (χ1n) is 8.05. The molecule has 22 heavy (non-hydrogen) atoms. The summed E-state index contributed by atoms with van der Waals surface area (Å²) in [4.78, 5) is 28.5. The van der Waals surface area contributed by atoms with Gasteiger partial charge in [0, 0.05) is 37.7 Å². The molecule has 0 saturated carbocycles. The molecular formula is C18H26N2O2. The number of carbonyl (C=O) groups excluding carboxylic acids is 2. The van der Waals surface area contributed by atoms with E-state index in [1.165, 1.54) is 5.56 Å². The molecule has 1 aliphatic rings. The Labute approximate surface area is 133 Å². The molecule has 4 nitrogen and oxygen atoms in total. The lowest BCUT2D eigenvalue weighted by Gasteiger charge is -2.23. The molecule has 0 aromatic heterocycles. The fourth-order valence-corrected chi connectivity index (χ4v) is 2.76. The number of benzene rings is 1. The molecule has 0 N–H and O–H groups in total. The minimum atomic E-state index is 0.0157. The summed E-state index contributed by atoms with van der Waals surface area (Å²) in [6.07, 6.45) is 0.842. The van der Waals surface area contributed by atoms with E-state index in [1.54, 1.807) is 0 Å². The van der Waals surface area contributed by atoms with Crippen molar-refractivity contribution in [1.82, 2.24) is 9.80 Å². The summed E-state index contributed by atoms with van der Waals surface area (Å²) in [7, 11) is 0. The third kappa shape index (κ3) is 3.67. The maximum absolute atomic E-state index is 12.6. The van der Waals surface area contributed by atoms with Gasteiger partial charge in [-0.05, 0) is 43.5 Å². The van der Waals surface area contributed by atoms with Crippen LogP contribution in [0.3, 0.4) is 0 Å². The molecule has 0 atom stereocenters. The van der Waals surface area contributed by atoms with Gasteiger partial charge >= 0.3 is 0 Å². The van der Waals surface area contributed by atoms with E-state index in [2.05, 4.69) is 0 Å². The SMILES string of the molecule is Cc1ccc(C(=O)N2CCCN(C(=O)C(C)C)CC2)cc1C. The second-order valence-electron chi connectivity index (χ2n) is 6.42. The smallest absolute Gasteiger partial charge is 0.253 e. The van der Waals surface area contributed by atoms with Crippen molar-refractivity contribution >= 4 is 11.8 Å². The molecule has 1 heterocycles. The molecule has 2 amide bonds. The van der Waals surface area contributed by atoms with Crippen LogP contribution in [0.4, 0.5) is 0 Å². The summed E-state index contributed by atoms with van der Waals surface area (Å²) >= 11 is 0. The first-order chi connectivity index (χ1) is 10.4. The molecule has 1 saturated heterocycles. The van der Waals surface area contributed by atoms with Gasteiger partial charge in [0.25, 0.3) is 5.91 Å². The highest BCUT2D eigenvalue weighted by molar-refractivity contribution is 5.94. The molecule has 120 valence electrons. The Balaban J connectivity index is 2.05. The van der Waals surface area contributed by atoms with E-state index in [4.69, 9.17) is 0 Å². The van der Waals surface area contributed by atoms with Crippen LogP contribution in [-0.4, -0.2) is 47.8 Å². The van der Waals surface area contributed by atoms with Crippen molar-refractivity contribution in [2.24, 2.45) is 5.92 Å². The lowest BCUT2D eigenvalue weighted by atomic mass is 10.1. The topological polar surface area (TPSA) is 40.6 Å². The van der Waals surface area contributed by atoms with E-state index < -0.39 is 0 Å². The summed E-state index contributed by atoms with van der Waals surface area (Å²) in [5, 5.41) is 0. The number of hydrogen-bond donors (Lipinski definition) is 0. The molecule has 4 heteroatoms. The Morgan fingerprint density at radius 3 is 2.23 bits per heavy atom. The minimum absolute atomic E-state index is 0.0157. The molecule has 0 spiro atoms. The fraction of sp³-hybridized carbons (Fsp3) is 0.556. The van der Waals surface area contributed by atoms with E-state index in [0.29, 0.717) is 19.6 Å². The van der Waals surface area contributed by atoms with Crippen LogP contribution < -0.4 is 0 Å². The summed E-state index contributed by atoms with van der Waals surface area (Å²) in [5.74, 6) is 0.268. The van der Waals surface area contributed by atoms with Gasteiger partial charge in [-0.15, -0.1) is 0 Å². The largest absolute Gasteiger partial charge is 0.341 e. The lowest BCUT2D eigenvalue weighted by Crippen LogP contribution is -2.39. The molecule has 0 aliphatic carbocycles. The van der Waals surface area contributed by atoms with Gasteiger partial charge in [0.1, 0.15) is 0 Å². The molecule has 1 fully saturated rings. The van der Waals surface area contributed by atoms with Gasteiger partial charge < -0.3 is 9.80 Å². The zero-order valence-corrected chi connectivity index (χ0v) is 14.1. The Morgan fingerprint density at radius 1 is 0.955 bits per heavy atom. The lowest BCUT2D eigenvalue weighted by molar-refractivity contribution is -0.134. The molecule has 0 unspecified atom stereocenters. The van der Waals surface area contributed by atoms with Crippen LogP contribution in [0.1, 0.15) is 41.8 Å². The number of rotatable bonds is 2. The number of hydrogen-bond acceptors (Lipinski definition) is 2. The molecule has 0 bridgehead atoms. The average Bonchev–Trinajstić information content (AvgIpc) is 2.74. The van der Waals surface area contributed by atoms with E-state index >= 15 is 0 Å². The highest BCUT2D eigenvalue weighted by atomic mass is 16.2. The van der Waals surface area contributed by atoms with Gasteiger partial charge in [-0.1, -0.05) is 19.9 Å². The van der Waals surface area contributed by atoms with Crippen LogP contribution in [0.2, 0.25) is 0 Å². The van der Waals surface area contributed by atoms with Crippen LogP contribution in [0.25, 0.3) is 0 Å². The van der Waals surface area contributed by atoms with Gasteiger partial charge in [0.15, 0.2) is 0 Å². The van der Waals surface area contributed by atoms with Gasteiger partial charge in [-0.2, -0.15) is 0 Å². The van der Waals surface area contributed by atoms with Crippen molar-refractivity contribution < 1.29 is 9.59 Å². The quantitative estimate of drug-likeness (QED) is 0.842. The normalized spacial score (nSPS) is 15.9. The van der Waals surface area contributed by atoms with Crippen LogP contribution in [-0.2, 0) is 4.79 Å². The van der Waals surface area contributed by atoms with Gasteiger partial charge in [0.05, 0.1) is 0 Å². The van der Waals surface area contributed by atoms with Crippen molar-refractivity contribution in [3.05, 3.63) is 34.9 Å². The van der Waals surface area contributed by atoms with Crippen molar-refractivity contribution in [2.45, 2.75) is 34.1 Å². The third-order valence-electron chi connectivity index (χ3n) is 4.34. The first-order valence-corrected chi connectivity index (χ1v) is 8.05. The second kappa shape index (κ2) is 6.95. The van der Waals surface area contributed by atoms with Crippen LogP contribution >= 0.6 is 0 Å². The van der Waals surface area contributed by atoms with Gasteiger partial charge in [-0.25, -0.2) is 0 Å². The zero-order valence-electron chi connectivity index (χ0n) is 14.1. The second-order valence-corrected chi connectivity index (χ2v) is 6.42. The van der Waals surface area contributed by atoms with Crippen molar-refractivity contribution in [1.29, 1.82) is 0 Å². The highest BCUT2D eigenvalue weighted by Crippen LogP contribution is 2.14. The Hall–Kier alpha value is -1.84. The number of carbonyl (C=O) groups is 2. The summed E-state index contributed by atoms with van der Waals surface area (Å²) < 4.78 is 0. The van der Waals surface area contributed by atoms with Crippen molar-refractivity contribution in [3.8, 4) is 0 Å². The van der Waals surface area contributed by atoms with Crippen molar-refractivity contribution in [2.75, 3.05) is 26.2 Å². The number of nitrogens with zero attached hydrogens (tertiary/aromatic N) is 2. The molecule has 0 radical (unpaired) electrons. The monoisotopic (exact) mass is 302 g/mol. The maximum atomic E-state index is 12.6. The summed E-state index contributed by atoms with van der Waals surface area (Å²) in [5.41, 5.74) is 3.07. The summed E-state index contributed by atoms with van der Waals surface area (Å²) in [6, 6.07) is 5.85. The maximum Gasteiger partial charge on any atom is 0.253 e. The predicted molar refractivity (Wildman–Crippen MR) is 87.9 cm³/mol. The Morgan fingerprint density at radius 2 is 1.59 bits per heavy atom. The Bertz CT molecular complexity index is 566. The average molecular weight is 302 g/mol. The highest BCUT2D eigenvalue weighted by Gasteiger charge is 2.24. The van der Waals surface area contributed by atoms with Crippen LogP contribution in [0, 0.1) is 19.8 Å². The van der Waals surface area contributed by atoms with Gasteiger partial charge in [0.2, 0.25) is 5.91 Å². The minimum Gasteiger partial charge on any atom is -0.341 e. The van der Waals surface area contributed by atoms with Crippen molar-refractivity contribution in [3.63, 3.8) is 0 Å². The molecule has 1 aromatic carbocycles. The first kappa shape index (κ1) is 16.5. The van der Waals surface area contributed by atoms with Crippen LogP contribution in [0.5, 0.6) is 0 Å². The molecule has 1 aliphatic heterocycles. The number of amides is 2.